The Labute approximate surface area is 177 Å². The fourth-order valence-corrected chi connectivity index (χ4v) is 4.89. The van der Waals surface area contributed by atoms with Crippen LogP contribution in [0, 0.1) is 52.2 Å². The lowest BCUT2D eigenvalue weighted by Gasteiger charge is -2.04. The zero-order valence-electron chi connectivity index (χ0n) is 16.2. The molecule has 0 radical (unpaired) electrons. The van der Waals surface area contributed by atoms with Crippen LogP contribution in [-0.4, -0.2) is 4.57 Å². The summed E-state index contributed by atoms with van der Waals surface area (Å²) >= 11 is 1.58. The highest BCUT2D eigenvalue weighted by molar-refractivity contribution is 7.19. The maximum Gasteiger partial charge on any atom is 0.138 e. The van der Waals surface area contributed by atoms with Crippen molar-refractivity contribution in [1.82, 2.24) is 4.57 Å². The fraction of sp³-hybridized carbons (Fsp3) is 0.0833. The molecule has 0 saturated heterocycles. The maximum atomic E-state index is 9.58. The first-order valence-corrected chi connectivity index (χ1v) is 9.82. The Bertz CT molecular complexity index is 1390. The zero-order valence-corrected chi connectivity index (χ0v) is 17.0. The van der Waals surface area contributed by atoms with E-state index in [1.54, 1.807) is 23.5 Å². The molecule has 0 bridgehead atoms. The molecule has 30 heavy (non-hydrogen) atoms. The highest BCUT2D eigenvalue weighted by Crippen LogP contribution is 2.49. The van der Waals surface area contributed by atoms with Gasteiger partial charge in [0.1, 0.15) is 35.4 Å². The minimum atomic E-state index is -0.0455. The number of benzene rings is 1. The Kier molecular flexibility index (Phi) is 4.57. The highest BCUT2D eigenvalue weighted by atomic mass is 32.1. The molecule has 0 spiro atoms. The van der Waals surface area contributed by atoms with Crippen LogP contribution in [-0.2, 0) is 7.05 Å². The van der Waals surface area contributed by atoms with E-state index in [9.17, 15) is 21.0 Å². The normalized spacial score (nSPS) is 12.0. The molecule has 2 heterocycles. The summed E-state index contributed by atoms with van der Waals surface area (Å²) in [4.78, 5) is 0.916. The van der Waals surface area contributed by atoms with Gasteiger partial charge in [0.25, 0.3) is 0 Å². The van der Waals surface area contributed by atoms with Gasteiger partial charge in [-0.15, -0.1) is 11.3 Å². The molecule has 0 atom stereocenters. The number of allylic oxidation sites excluding steroid dienone is 5. The van der Waals surface area contributed by atoms with Crippen LogP contribution in [0.4, 0.5) is 0 Å². The standard InChI is InChI=1S/C24H13N5S/c1-14-7-22-21(29(14)2)9-17(30-22)8-20-23(15(10-25)11-26)18-5-3-4-6-19(18)24(20)16(12-27)13-28/h3-9H,1-2H3. The summed E-state index contributed by atoms with van der Waals surface area (Å²) in [6.45, 7) is 2.04. The molecule has 1 aromatic carbocycles. The fourth-order valence-electron chi connectivity index (χ4n) is 3.76. The average Bonchev–Trinajstić information content (AvgIpc) is 3.37. The number of aromatic nitrogens is 1. The van der Waals surface area contributed by atoms with Crippen molar-refractivity contribution in [2.24, 2.45) is 7.05 Å². The molecule has 0 aliphatic heterocycles. The second kappa shape index (κ2) is 7.23. The van der Waals surface area contributed by atoms with Gasteiger partial charge in [0, 0.05) is 28.8 Å². The van der Waals surface area contributed by atoms with Crippen molar-refractivity contribution in [3.8, 4) is 24.3 Å². The van der Waals surface area contributed by atoms with Gasteiger partial charge in [-0.3, -0.25) is 0 Å². The Morgan fingerprint density at radius 3 is 1.90 bits per heavy atom. The molecule has 0 N–H and O–H groups in total. The Balaban J connectivity index is 2.09. The van der Waals surface area contributed by atoms with Crippen LogP contribution < -0.4 is 0 Å². The monoisotopic (exact) mass is 403 g/mol. The molecular formula is C24H13N5S. The van der Waals surface area contributed by atoms with E-state index in [1.807, 2.05) is 62.5 Å². The van der Waals surface area contributed by atoms with E-state index in [0.29, 0.717) is 27.8 Å². The third kappa shape index (κ3) is 2.73. The molecule has 0 amide bonds. The molecular weight excluding hydrogens is 390 g/mol. The highest BCUT2D eigenvalue weighted by Gasteiger charge is 2.32. The lowest BCUT2D eigenvalue weighted by atomic mass is 9.96. The second-order valence-electron chi connectivity index (χ2n) is 6.79. The van der Waals surface area contributed by atoms with Gasteiger partial charge in [-0.05, 0) is 41.8 Å². The average molecular weight is 403 g/mol. The van der Waals surface area contributed by atoms with Crippen molar-refractivity contribution in [3.05, 3.63) is 74.8 Å². The molecule has 6 heteroatoms. The van der Waals surface area contributed by atoms with E-state index < -0.39 is 0 Å². The van der Waals surface area contributed by atoms with E-state index in [-0.39, 0.29) is 11.1 Å². The molecule has 0 saturated carbocycles. The molecule has 0 fully saturated rings. The summed E-state index contributed by atoms with van der Waals surface area (Å²) in [5.41, 5.74) is 4.97. The zero-order chi connectivity index (χ0) is 21.4. The molecule has 1 aliphatic rings. The van der Waals surface area contributed by atoms with E-state index in [0.717, 1.165) is 20.8 Å². The van der Waals surface area contributed by atoms with E-state index >= 15 is 0 Å². The summed E-state index contributed by atoms with van der Waals surface area (Å²) in [7, 11) is 2.00. The van der Waals surface area contributed by atoms with Crippen LogP contribution in [0.3, 0.4) is 0 Å². The quantitative estimate of drug-likeness (QED) is 0.518. The van der Waals surface area contributed by atoms with Crippen LogP contribution in [0.1, 0.15) is 21.7 Å². The Morgan fingerprint density at radius 2 is 1.43 bits per heavy atom. The first kappa shape index (κ1) is 19.0. The Hall–Kier alpha value is -4.36. The Morgan fingerprint density at radius 1 is 0.900 bits per heavy atom. The van der Waals surface area contributed by atoms with Crippen LogP contribution in [0.2, 0.25) is 0 Å². The van der Waals surface area contributed by atoms with Gasteiger partial charge in [-0.25, -0.2) is 0 Å². The minimum absolute atomic E-state index is 0.0455. The lowest BCUT2D eigenvalue weighted by Crippen LogP contribution is -1.90. The number of hydrogen-bond donors (Lipinski definition) is 0. The number of rotatable bonds is 1. The summed E-state index contributed by atoms with van der Waals surface area (Å²) < 4.78 is 3.21. The molecule has 2 aromatic heterocycles. The number of aryl methyl sites for hydroxylation is 2. The van der Waals surface area contributed by atoms with Gasteiger partial charge >= 0.3 is 0 Å². The van der Waals surface area contributed by atoms with E-state index in [2.05, 4.69) is 10.6 Å². The third-order valence-electron chi connectivity index (χ3n) is 5.23. The van der Waals surface area contributed by atoms with Crippen LogP contribution >= 0.6 is 11.3 Å². The van der Waals surface area contributed by atoms with E-state index in [4.69, 9.17) is 0 Å². The van der Waals surface area contributed by atoms with Crippen molar-refractivity contribution in [2.75, 3.05) is 0 Å². The molecule has 1 aliphatic carbocycles. The number of hydrogen-bond acceptors (Lipinski definition) is 5. The second-order valence-corrected chi connectivity index (χ2v) is 7.91. The van der Waals surface area contributed by atoms with Gasteiger partial charge in [0.05, 0.1) is 10.2 Å². The molecule has 4 rings (SSSR count). The molecule has 140 valence electrons. The topological polar surface area (TPSA) is 100 Å². The first-order valence-electron chi connectivity index (χ1n) is 9.01. The molecule has 3 aromatic rings. The van der Waals surface area contributed by atoms with Gasteiger partial charge in [0.2, 0.25) is 0 Å². The lowest BCUT2D eigenvalue weighted by molar-refractivity contribution is 0.918. The maximum absolute atomic E-state index is 9.58. The largest absolute Gasteiger partial charge is 0.347 e. The smallest absolute Gasteiger partial charge is 0.138 e. The van der Waals surface area contributed by atoms with Gasteiger partial charge in [-0.1, -0.05) is 24.3 Å². The molecule has 0 unspecified atom stereocenters. The predicted molar refractivity (Wildman–Crippen MR) is 116 cm³/mol. The van der Waals surface area contributed by atoms with Crippen LogP contribution in [0.5, 0.6) is 0 Å². The van der Waals surface area contributed by atoms with Crippen molar-refractivity contribution in [2.45, 2.75) is 6.92 Å². The van der Waals surface area contributed by atoms with Crippen molar-refractivity contribution in [3.63, 3.8) is 0 Å². The molecule has 5 nitrogen and oxygen atoms in total. The number of fused-ring (bicyclic) bond motifs is 2. The summed E-state index contributed by atoms with van der Waals surface area (Å²) in [6, 6.07) is 19.3. The summed E-state index contributed by atoms with van der Waals surface area (Å²) in [5, 5.41) is 38.3. The van der Waals surface area contributed by atoms with Gasteiger partial charge in [-0.2, -0.15) is 21.0 Å². The van der Waals surface area contributed by atoms with Crippen molar-refractivity contribution < 1.29 is 0 Å². The van der Waals surface area contributed by atoms with Crippen molar-refractivity contribution in [1.29, 1.82) is 21.0 Å². The summed E-state index contributed by atoms with van der Waals surface area (Å²) in [6.07, 6.45) is 1.87. The summed E-state index contributed by atoms with van der Waals surface area (Å²) in [5.74, 6) is 0. The number of thiophene rings is 1. The first-order chi connectivity index (χ1) is 14.5. The van der Waals surface area contributed by atoms with Crippen LogP contribution in [0.25, 0.3) is 27.4 Å². The third-order valence-corrected chi connectivity index (χ3v) is 6.25. The van der Waals surface area contributed by atoms with Crippen LogP contribution in [0.15, 0.2) is 53.1 Å². The van der Waals surface area contributed by atoms with E-state index in [1.165, 1.54) is 0 Å². The van der Waals surface area contributed by atoms with Gasteiger partial charge < -0.3 is 4.57 Å². The predicted octanol–water partition coefficient (Wildman–Crippen LogP) is 5.25. The number of nitrogens with zero attached hydrogens (tertiary/aromatic N) is 5. The SMILES string of the molecule is Cc1cc2sc(C=C3C(=C(C#N)C#N)c4ccccc4C3=C(C#N)C#N)cc2n1C. The van der Waals surface area contributed by atoms with Crippen molar-refractivity contribution >= 4 is 38.8 Å². The van der Waals surface area contributed by atoms with Gasteiger partial charge in [0.15, 0.2) is 0 Å². The number of nitriles is 4. The minimum Gasteiger partial charge on any atom is -0.347 e.